The highest BCUT2D eigenvalue weighted by Gasteiger charge is 2.26. The first kappa shape index (κ1) is 22.0. The average Bonchev–Trinajstić information content (AvgIpc) is 3.22. The van der Waals surface area contributed by atoms with Crippen molar-refractivity contribution in [2.24, 2.45) is 0 Å². The molecule has 1 unspecified atom stereocenters. The topological polar surface area (TPSA) is 86.5 Å². The summed E-state index contributed by atoms with van der Waals surface area (Å²) in [4.78, 5) is 20.6. The van der Waals surface area contributed by atoms with E-state index in [1.165, 1.54) is 12.3 Å². The molecule has 0 radical (unpaired) electrons. The van der Waals surface area contributed by atoms with E-state index in [0.717, 1.165) is 56.0 Å². The maximum Gasteiger partial charge on any atom is 0.337 e. The van der Waals surface area contributed by atoms with Gasteiger partial charge in [-0.3, -0.25) is 9.88 Å². The third-order valence-electron chi connectivity index (χ3n) is 5.87. The molecule has 1 atom stereocenters. The van der Waals surface area contributed by atoms with Gasteiger partial charge < -0.3 is 15.3 Å². The lowest BCUT2D eigenvalue weighted by atomic mass is 10.0. The van der Waals surface area contributed by atoms with Crippen LogP contribution < -0.4 is 5.32 Å². The van der Waals surface area contributed by atoms with Gasteiger partial charge in [0.15, 0.2) is 0 Å². The van der Waals surface area contributed by atoms with Crippen molar-refractivity contribution in [1.29, 1.82) is 0 Å². The van der Waals surface area contributed by atoms with Crippen LogP contribution in [0, 0.1) is 0 Å². The molecule has 1 fully saturated rings. The third kappa shape index (κ3) is 4.98. The van der Waals surface area contributed by atoms with Crippen LogP contribution in [0.2, 0.25) is 0 Å². The standard InChI is InChI=1S/C24H30N6O2/c1-28(2)13-14-29-12-6-9-19(17-29)30-23(21(15-26-30)18-7-4-3-5-8-18)27-22-16-25-11-10-20(22)24(31)32/h3-5,7-8,10-11,15-16,19,27H,6,9,12-14,17H2,1-2H3,(H,31,32). The molecule has 168 valence electrons. The molecule has 8 nitrogen and oxygen atoms in total. The number of nitrogens with one attached hydrogen (secondary N) is 1. The number of benzene rings is 1. The van der Waals surface area contributed by atoms with Gasteiger partial charge in [-0.2, -0.15) is 5.10 Å². The summed E-state index contributed by atoms with van der Waals surface area (Å²) in [5, 5.41) is 17.8. The van der Waals surface area contributed by atoms with Crippen molar-refractivity contribution < 1.29 is 9.90 Å². The summed E-state index contributed by atoms with van der Waals surface area (Å²) in [6, 6.07) is 11.8. The summed E-state index contributed by atoms with van der Waals surface area (Å²) in [6.07, 6.45) is 7.05. The Labute approximate surface area is 188 Å². The van der Waals surface area contributed by atoms with Crippen molar-refractivity contribution in [2.45, 2.75) is 18.9 Å². The Morgan fingerprint density at radius 3 is 2.78 bits per heavy atom. The molecule has 3 aromatic rings. The second-order valence-electron chi connectivity index (χ2n) is 8.47. The fourth-order valence-electron chi connectivity index (χ4n) is 4.18. The Kier molecular flexibility index (Phi) is 6.82. The first-order chi connectivity index (χ1) is 15.5. The number of aromatic nitrogens is 3. The maximum absolute atomic E-state index is 11.8. The highest BCUT2D eigenvalue weighted by atomic mass is 16.4. The van der Waals surface area contributed by atoms with Crippen LogP contribution in [0.1, 0.15) is 29.2 Å². The first-order valence-corrected chi connectivity index (χ1v) is 11.0. The van der Waals surface area contributed by atoms with Gasteiger partial charge in [0.2, 0.25) is 0 Å². The molecule has 32 heavy (non-hydrogen) atoms. The second-order valence-corrected chi connectivity index (χ2v) is 8.47. The first-order valence-electron chi connectivity index (χ1n) is 11.0. The number of anilines is 2. The highest BCUT2D eigenvalue weighted by molar-refractivity contribution is 5.95. The van der Waals surface area contributed by atoms with Crippen LogP contribution in [0.3, 0.4) is 0 Å². The number of nitrogens with zero attached hydrogens (tertiary/aromatic N) is 5. The molecule has 0 spiro atoms. The number of pyridine rings is 1. The molecular weight excluding hydrogens is 404 g/mol. The van der Waals surface area contributed by atoms with E-state index in [1.54, 1.807) is 6.20 Å². The molecule has 1 saturated heterocycles. The second kappa shape index (κ2) is 9.93. The molecule has 1 aliphatic rings. The van der Waals surface area contributed by atoms with E-state index in [4.69, 9.17) is 5.10 Å². The largest absolute Gasteiger partial charge is 0.478 e. The monoisotopic (exact) mass is 434 g/mol. The number of aromatic carboxylic acids is 1. The zero-order valence-electron chi connectivity index (χ0n) is 18.6. The van der Waals surface area contributed by atoms with Gasteiger partial charge in [0.05, 0.1) is 29.7 Å². The van der Waals surface area contributed by atoms with Gasteiger partial charge in [-0.15, -0.1) is 0 Å². The number of hydrogen-bond donors (Lipinski definition) is 2. The minimum Gasteiger partial charge on any atom is -0.478 e. The van der Waals surface area contributed by atoms with Crippen molar-refractivity contribution in [3.63, 3.8) is 0 Å². The van der Waals surface area contributed by atoms with Gasteiger partial charge in [0.1, 0.15) is 5.82 Å². The fourth-order valence-corrected chi connectivity index (χ4v) is 4.18. The predicted octanol–water partition coefficient (Wildman–Crippen LogP) is 3.59. The van der Waals surface area contributed by atoms with E-state index in [1.807, 2.05) is 41.2 Å². The minimum atomic E-state index is -0.991. The Bertz CT molecular complexity index is 1050. The van der Waals surface area contributed by atoms with Crippen LogP contribution in [-0.4, -0.2) is 75.9 Å². The number of rotatable bonds is 8. The van der Waals surface area contributed by atoms with E-state index < -0.39 is 5.97 Å². The molecule has 0 saturated carbocycles. The van der Waals surface area contributed by atoms with E-state index >= 15 is 0 Å². The van der Waals surface area contributed by atoms with Crippen LogP contribution in [0.15, 0.2) is 55.0 Å². The summed E-state index contributed by atoms with van der Waals surface area (Å²) in [5.41, 5.74) is 2.61. The zero-order chi connectivity index (χ0) is 22.5. The van der Waals surface area contributed by atoms with Crippen molar-refractivity contribution in [2.75, 3.05) is 45.6 Å². The predicted molar refractivity (Wildman–Crippen MR) is 125 cm³/mol. The lowest BCUT2D eigenvalue weighted by molar-refractivity contribution is 0.0698. The molecule has 2 N–H and O–H groups in total. The van der Waals surface area contributed by atoms with E-state index in [2.05, 4.69) is 34.2 Å². The Balaban J connectivity index is 1.69. The Morgan fingerprint density at radius 1 is 1.22 bits per heavy atom. The van der Waals surface area contributed by atoms with Crippen LogP contribution in [0.25, 0.3) is 11.1 Å². The summed E-state index contributed by atoms with van der Waals surface area (Å²) in [5.74, 6) is -0.194. The molecule has 2 aromatic heterocycles. The normalized spacial score (nSPS) is 16.9. The molecule has 1 aliphatic heterocycles. The summed E-state index contributed by atoms with van der Waals surface area (Å²) < 4.78 is 2.03. The van der Waals surface area contributed by atoms with Crippen molar-refractivity contribution >= 4 is 17.5 Å². The van der Waals surface area contributed by atoms with Gasteiger partial charge in [-0.05, 0) is 45.1 Å². The number of carbonyl (C=O) groups is 1. The number of piperidine rings is 1. The molecule has 8 heteroatoms. The number of likely N-dealkylation sites (N-methyl/N-ethyl adjacent to an activating group) is 1. The van der Waals surface area contributed by atoms with E-state index in [9.17, 15) is 9.90 Å². The summed E-state index contributed by atoms with van der Waals surface area (Å²) in [7, 11) is 4.19. The molecular formula is C24H30N6O2. The number of hydrogen-bond acceptors (Lipinski definition) is 6. The zero-order valence-corrected chi connectivity index (χ0v) is 18.6. The Hall–Kier alpha value is -3.23. The number of carboxylic acid groups (broad SMARTS) is 1. The number of likely N-dealkylation sites (tertiary alicyclic amines) is 1. The maximum atomic E-state index is 11.8. The highest BCUT2D eigenvalue weighted by Crippen LogP contribution is 2.35. The molecule has 3 heterocycles. The number of carboxylic acids is 1. The van der Waals surface area contributed by atoms with Crippen LogP contribution >= 0.6 is 0 Å². The quantitative estimate of drug-likeness (QED) is 0.560. The Morgan fingerprint density at radius 2 is 2.03 bits per heavy atom. The molecule has 0 aliphatic carbocycles. The molecule has 4 rings (SSSR count). The SMILES string of the molecule is CN(C)CCN1CCCC(n2ncc(-c3ccccc3)c2Nc2cnccc2C(=O)O)C1. The smallest absolute Gasteiger partial charge is 0.337 e. The van der Waals surface area contributed by atoms with Crippen LogP contribution in [0.4, 0.5) is 11.5 Å². The fraction of sp³-hybridized carbons (Fsp3) is 0.375. The van der Waals surface area contributed by atoms with Gasteiger partial charge in [0.25, 0.3) is 0 Å². The van der Waals surface area contributed by atoms with Gasteiger partial charge in [-0.25, -0.2) is 9.48 Å². The average molecular weight is 435 g/mol. The van der Waals surface area contributed by atoms with E-state index in [0.29, 0.717) is 5.69 Å². The van der Waals surface area contributed by atoms with Gasteiger partial charge >= 0.3 is 5.97 Å². The summed E-state index contributed by atoms with van der Waals surface area (Å²) >= 11 is 0. The molecule has 0 amide bonds. The summed E-state index contributed by atoms with van der Waals surface area (Å²) in [6.45, 7) is 4.04. The van der Waals surface area contributed by atoms with Gasteiger partial charge in [0, 0.05) is 31.4 Å². The lowest BCUT2D eigenvalue weighted by Crippen LogP contribution is -2.40. The third-order valence-corrected chi connectivity index (χ3v) is 5.87. The van der Waals surface area contributed by atoms with Crippen molar-refractivity contribution in [1.82, 2.24) is 24.6 Å². The van der Waals surface area contributed by atoms with E-state index in [-0.39, 0.29) is 11.6 Å². The van der Waals surface area contributed by atoms with Crippen LogP contribution in [0.5, 0.6) is 0 Å². The van der Waals surface area contributed by atoms with Gasteiger partial charge in [-0.1, -0.05) is 30.3 Å². The molecule has 1 aromatic carbocycles. The van der Waals surface area contributed by atoms with Crippen LogP contribution in [-0.2, 0) is 0 Å². The minimum absolute atomic E-state index is 0.183. The van der Waals surface area contributed by atoms with Crippen molar-refractivity contribution in [3.05, 3.63) is 60.6 Å². The lowest BCUT2D eigenvalue weighted by Gasteiger charge is -2.34. The van der Waals surface area contributed by atoms with Crippen molar-refractivity contribution in [3.8, 4) is 11.1 Å². The molecule has 0 bridgehead atoms.